The molecule has 0 spiro atoms. The van der Waals surface area contributed by atoms with E-state index in [0.717, 1.165) is 0 Å². The molecule has 1 aromatic heterocycles. The Hall–Kier alpha value is -2.35. The van der Waals surface area contributed by atoms with Crippen LogP contribution < -0.4 is 15.4 Å². The van der Waals surface area contributed by atoms with E-state index in [9.17, 15) is 9.59 Å². The molecule has 3 N–H and O–H groups in total. The van der Waals surface area contributed by atoms with Crippen molar-refractivity contribution in [3.05, 3.63) is 18.3 Å². The molecular formula is C11H15N3O5. The molecule has 0 aliphatic rings. The quantitative estimate of drug-likeness (QED) is 0.685. The number of nitrogens with zero attached hydrogens (tertiary/aromatic N) is 1. The number of anilines is 1. The molecule has 1 atom stereocenters. The van der Waals surface area contributed by atoms with E-state index in [-0.39, 0.29) is 6.54 Å². The minimum absolute atomic E-state index is 0.138. The molecule has 0 aliphatic heterocycles. The lowest BCUT2D eigenvalue weighted by atomic mass is 10.3. The number of carbonyl (C=O) groups excluding carboxylic acids is 1. The smallest absolute Gasteiger partial charge is 0.334 e. The molecule has 0 aromatic carbocycles. The third kappa shape index (κ3) is 4.80. The summed E-state index contributed by atoms with van der Waals surface area (Å²) in [5.41, 5.74) is 0.461. The van der Waals surface area contributed by atoms with Crippen LogP contribution in [0.4, 0.5) is 10.5 Å². The number of rotatable bonds is 6. The normalized spacial score (nSPS) is 11.5. The molecule has 0 fully saturated rings. The first kappa shape index (κ1) is 14.7. The van der Waals surface area contributed by atoms with Gasteiger partial charge >= 0.3 is 12.0 Å². The van der Waals surface area contributed by atoms with Crippen LogP contribution in [0.3, 0.4) is 0 Å². The van der Waals surface area contributed by atoms with Crippen LogP contribution in [-0.4, -0.2) is 49.0 Å². The summed E-state index contributed by atoms with van der Waals surface area (Å²) in [7, 11) is 2.74. The monoisotopic (exact) mass is 269 g/mol. The fourth-order valence-electron chi connectivity index (χ4n) is 1.21. The van der Waals surface area contributed by atoms with E-state index in [1.54, 1.807) is 12.1 Å². The maximum absolute atomic E-state index is 11.5. The number of urea groups is 1. The van der Waals surface area contributed by atoms with Crippen LogP contribution in [0.2, 0.25) is 0 Å². The molecule has 8 heteroatoms. The SMILES string of the molecule is COc1ccc(NC(=O)NCC(OC)C(=O)O)cn1. The highest BCUT2D eigenvalue weighted by atomic mass is 16.5. The Balaban J connectivity index is 2.44. The van der Waals surface area contributed by atoms with E-state index in [1.165, 1.54) is 20.4 Å². The van der Waals surface area contributed by atoms with Crippen molar-refractivity contribution < 1.29 is 24.2 Å². The predicted octanol–water partition coefficient (Wildman–Crippen LogP) is 0.311. The van der Waals surface area contributed by atoms with Gasteiger partial charge in [0.2, 0.25) is 5.88 Å². The Morgan fingerprint density at radius 2 is 2.16 bits per heavy atom. The molecule has 2 amide bonds. The number of hydrogen-bond acceptors (Lipinski definition) is 5. The van der Waals surface area contributed by atoms with Gasteiger partial charge in [-0.3, -0.25) is 0 Å². The Labute approximate surface area is 109 Å². The van der Waals surface area contributed by atoms with Crippen LogP contribution >= 0.6 is 0 Å². The minimum atomic E-state index is -1.14. The van der Waals surface area contributed by atoms with Crippen molar-refractivity contribution in [2.24, 2.45) is 0 Å². The van der Waals surface area contributed by atoms with Crippen molar-refractivity contribution in [3.63, 3.8) is 0 Å². The first-order valence-corrected chi connectivity index (χ1v) is 5.37. The van der Waals surface area contributed by atoms with Gasteiger partial charge in [-0.05, 0) is 6.07 Å². The van der Waals surface area contributed by atoms with Crippen LogP contribution in [0.5, 0.6) is 5.88 Å². The van der Waals surface area contributed by atoms with Gasteiger partial charge in [0.1, 0.15) is 0 Å². The van der Waals surface area contributed by atoms with Gasteiger partial charge in [-0.25, -0.2) is 14.6 Å². The van der Waals surface area contributed by atoms with Crippen molar-refractivity contribution in [2.75, 3.05) is 26.1 Å². The maximum atomic E-state index is 11.5. The van der Waals surface area contributed by atoms with Crippen molar-refractivity contribution in [2.45, 2.75) is 6.10 Å². The summed E-state index contributed by atoms with van der Waals surface area (Å²) in [6.45, 7) is -0.138. The molecule has 19 heavy (non-hydrogen) atoms. The number of carboxylic acid groups (broad SMARTS) is 1. The van der Waals surface area contributed by atoms with Gasteiger partial charge in [-0.2, -0.15) is 0 Å². The van der Waals surface area contributed by atoms with Gasteiger partial charge in [0.25, 0.3) is 0 Å². The molecule has 1 rings (SSSR count). The first-order valence-electron chi connectivity index (χ1n) is 5.37. The van der Waals surface area contributed by atoms with Crippen molar-refractivity contribution >= 4 is 17.7 Å². The van der Waals surface area contributed by atoms with Crippen molar-refractivity contribution in [1.29, 1.82) is 0 Å². The van der Waals surface area contributed by atoms with E-state index >= 15 is 0 Å². The average molecular weight is 269 g/mol. The van der Waals surface area contributed by atoms with Crippen LogP contribution in [0, 0.1) is 0 Å². The van der Waals surface area contributed by atoms with E-state index in [2.05, 4.69) is 20.4 Å². The standard InChI is InChI=1S/C11H15N3O5/c1-18-8(10(15)16)6-13-11(17)14-7-3-4-9(19-2)12-5-7/h3-5,8H,6H2,1-2H3,(H,15,16)(H2,13,14,17). The van der Waals surface area contributed by atoms with Gasteiger partial charge in [-0.15, -0.1) is 0 Å². The molecule has 1 unspecified atom stereocenters. The molecule has 0 saturated heterocycles. The van der Waals surface area contributed by atoms with Gasteiger partial charge in [0.05, 0.1) is 25.5 Å². The van der Waals surface area contributed by atoms with E-state index in [4.69, 9.17) is 9.84 Å². The number of ether oxygens (including phenoxy) is 2. The lowest BCUT2D eigenvalue weighted by molar-refractivity contribution is -0.147. The first-order chi connectivity index (χ1) is 9.06. The molecule has 0 radical (unpaired) electrons. The van der Waals surface area contributed by atoms with Crippen LogP contribution in [0.15, 0.2) is 18.3 Å². The van der Waals surface area contributed by atoms with Crippen molar-refractivity contribution in [1.82, 2.24) is 10.3 Å². The summed E-state index contributed by atoms with van der Waals surface area (Å²) >= 11 is 0. The largest absolute Gasteiger partial charge is 0.481 e. The fourth-order valence-corrected chi connectivity index (χ4v) is 1.21. The van der Waals surface area contributed by atoms with Gasteiger partial charge in [-0.1, -0.05) is 0 Å². The lowest BCUT2D eigenvalue weighted by Crippen LogP contribution is -2.39. The number of carbonyl (C=O) groups is 2. The number of pyridine rings is 1. The number of hydrogen-bond donors (Lipinski definition) is 3. The number of amides is 2. The molecule has 0 aliphatic carbocycles. The summed E-state index contributed by atoms with van der Waals surface area (Å²) in [6.07, 6.45) is 0.336. The second-order valence-corrected chi connectivity index (χ2v) is 3.49. The third-order valence-electron chi connectivity index (χ3n) is 2.21. The Morgan fingerprint density at radius 3 is 2.63 bits per heavy atom. The lowest BCUT2D eigenvalue weighted by Gasteiger charge is -2.12. The second-order valence-electron chi connectivity index (χ2n) is 3.49. The molecule has 104 valence electrons. The summed E-state index contributed by atoms with van der Waals surface area (Å²) in [5.74, 6) is -0.717. The number of aromatic nitrogens is 1. The molecule has 1 heterocycles. The number of aliphatic carboxylic acids is 1. The summed E-state index contributed by atoms with van der Waals surface area (Å²) < 4.78 is 9.54. The highest BCUT2D eigenvalue weighted by molar-refractivity contribution is 5.89. The topological polar surface area (TPSA) is 110 Å². The average Bonchev–Trinajstić information content (AvgIpc) is 2.40. The minimum Gasteiger partial charge on any atom is -0.481 e. The van der Waals surface area contributed by atoms with Gasteiger partial charge in [0.15, 0.2) is 6.10 Å². The zero-order valence-electron chi connectivity index (χ0n) is 10.5. The summed E-state index contributed by atoms with van der Waals surface area (Å²) in [4.78, 5) is 26.0. The van der Waals surface area contributed by atoms with Crippen molar-refractivity contribution in [3.8, 4) is 5.88 Å². The highest BCUT2D eigenvalue weighted by Gasteiger charge is 2.16. The highest BCUT2D eigenvalue weighted by Crippen LogP contribution is 2.10. The second kappa shape index (κ2) is 7.17. The van der Waals surface area contributed by atoms with Crippen LogP contribution in [0.25, 0.3) is 0 Å². The fraction of sp³-hybridized carbons (Fsp3) is 0.364. The number of carboxylic acids is 1. The molecule has 0 saturated carbocycles. The Morgan fingerprint density at radius 1 is 1.42 bits per heavy atom. The van der Waals surface area contributed by atoms with Crippen LogP contribution in [0.1, 0.15) is 0 Å². The molecule has 1 aromatic rings. The third-order valence-corrected chi connectivity index (χ3v) is 2.21. The summed E-state index contributed by atoms with van der Waals surface area (Å²) in [5, 5.41) is 13.6. The Bertz CT molecular complexity index is 434. The Kier molecular flexibility index (Phi) is 5.55. The van der Waals surface area contributed by atoms with Gasteiger partial charge < -0.3 is 25.2 Å². The van der Waals surface area contributed by atoms with E-state index in [0.29, 0.717) is 11.6 Å². The zero-order valence-corrected chi connectivity index (χ0v) is 10.5. The molecule has 8 nitrogen and oxygen atoms in total. The summed E-state index contributed by atoms with van der Waals surface area (Å²) in [6, 6.07) is 2.65. The zero-order chi connectivity index (χ0) is 14.3. The maximum Gasteiger partial charge on any atom is 0.334 e. The predicted molar refractivity (Wildman–Crippen MR) is 66.2 cm³/mol. The molecular weight excluding hydrogens is 254 g/mol. The van der Waals surface area contributed by atoms with E-state index < -0.39 is 18.1 Å². The molecule has 0 bridgehead atoms. The number of methoxy groups -OCH3 is 2. The number of nitrogens with one attached hydrogen (secondary N) is 2. The van der Waals surface area contributed by atoms with Gasteiger partial charge in [0, 0.05) is 13.2 Å². The van der Waals surface area contributed by atoms with E-state index in [1.807, 2.05) is 0 Å². The van der Waals surface area contributed by atoms with Crippen LogP contribution in [-0.2, 0) is 9.53 Å².